The molecule has 3 rings (SSSR count). The number of benzene rings is 1. The van der Waals surface area contributed by atoms with Crippen LogP contribution in [0, 0.1) is 5.92 Å². The van der Waals surface area contributed by atoms with E-state index in [0.29, 0.717) is 5.92 Å². The zero-order chi connectivity index (χ0) is 20.1. The van der Waals surface area contributed by atoms with Gasteiger partial charge in [0.15, 0.2) is 0 Å². The Hall–Kier alpha value is -3.07. The zero-order valence-corrected chi connectivity index (χ0v) is 16.6. The molecule has 0 saturated heterocycles. The fraction of sp³-hybridized carbons (Fsp3) is 0.240. The summed E-state index contributed by atoms with van der Waals surface area (Å²) in [7, 11) is 0. The standard InChI is InChI=1S/C25H29N3/c1-4-8-17(3)22(9-5-2)20-14-19-15-21(28-25(27)18-12-13-18)10-6-7-11-23(19)24(26)16-20/h4-5,7-9,11,14-16,18H,1-2,6,10,12-13,26H2,3H3,(H2,27,28)/b11-7?,17-8-,21-15+,22-9+. The van der Waals surface area contributed by atoms with Gasteiger partial charge in [0, 0.05) is 22.9 Å². The quantitative estimate of drug-likeness (QED) is 0.283. The molecular weight excluding hydrogens is 342 g/mol. The predicted octanol–water partition coefficient (Wildman–Crippen LogP) is 5.89. The highest BCUT2D eigenvalue weighted by atomic mass is 14.9. The second kappa shape index (κ2) is 8.75. The van der Waals surface area contributed by atoms with Crippen molar-refractivity contribution < 1.29 is 0 Å². The normalized spacial score (nSPS) is 19.9. The van der Waals surface area contributed by atoms with Gasteiger partial charge in [-0.3, -0.25) is 0 Å². The van der Waals surface area contributed by atoms with Crippen molar-refractivity contribution in [1.82, 2.24) is 0 Å². The minimum atomic E-state index is 0.464. The topological polar surface area (TPSA) is 64.4 Å². The molecule has 3 heteroatoms. The summed E-state index contributed by atoms with van der Waals surface area (Å²) in [5, 5.41) is 0. The Labute approximate surface area is 168 Å². The number of anilines is 1. The SMILES string of the molecule is C=C/C=C(C)\C(=C/C=C)c1cc(N)c2c(c1)/C=C(/N=C(N)C1CC1)CCC=C2. The molecule has 1 saturated carbocycles. The van der Waals surface area contributed by atoms with Gasteiger partial charge in [-0.25, -0.2) is 4.99 Å². The lowest BCUT2D eigenvalue weighted by atomic mass is 9.91. The number of hydrogen-bond donors (Lipinski definition) is 2. The molecule has 0 unspecified atom stereocenters. The van der Waals surface area contributed by atoms with Crippen LogP contribution in [0.4, 0.5) is 5.69 Å². The van der Waals surface area contributed by atoms with Gasteiger partial charge < -0.3 is 11.5 Å². The summed E-state index contributed by atoms with van der Waals surface area (Å²) in [6.07, 6.45) is 18.1. The molecule has 4 N–H and O–H groups in total. The van der Waals surface area contributed by atoms with E-state index >= 15 is 0 Å². The Kier molecular flexibility index (Phi) is 6.15. The average molecular weight is 372 g/mol. The Balaban J connectivity index is 2.11. The highest BCUT2D eigenvalue weighted by Gasteiger charge is 2.25. The molecule has 2 aliphatic rings. The van der Waals surface area contributed by atoms with Crippen LogP contribution in [-0.2, 0) is 0 Å². The number of hydrogen-bond acceptors (Lipinski definition) is 2. The van der Waals surface area contributed by atoms with Gasteiger partial charge in [0.25, 0.3) is 0 Å². The Morgan fingerprint density at radius 2 is 1.93 bits per heavy atom. The summed E-state index contributed by atoms with van der Waals surface area (Å²) in [4.78, 5) is 4.73. The van der Waals surface area contributed by atoms with Gasteiger partial charge in [0.1, 0.15) is 5.84 Å². The van der Waals surface area contributed by atoms with Crippen LogP contribution in [0.1, 0.15) is 49.3 Å². The van der Waals surface area contributed by atoms with Gasteiger partial charge in [-0.1, -0.05) is 49.6 Å². The van der Waals surface area contributed by atoms with E-state index in [9.17, 15) is 0 Å². The van der Waals surface area contributed by atoms with Crippen molar-refractivity contribution in [2.75, 3.05) is 5.73 Å². The first kappa shape index (κ1) is 19.7. The first-order valence-electron chi connectivity index (χ1n) is 9.81. The van der Waals surface area contributed by atoms with Crippen molar-refractivity contribution in [1.29, 1.82) is 0 Å². The molecule has 0 aromatic heterocycles. The van der Waals surface area contributed by atoms with E-state index in [1.807, 2.05) is 18.2 Å². The molecule has 0 atom stereocenters. The van der Waals surface area contributed by atoms with Gasteiger partial charge in [-0.05, 0) is 73.1 Å². The molecular formula is C25H29N3. The minimum Gasteiger partial charge on any atom is -0.398 e. The van der Waals surface area contributed by atoms with Crippen molar-refractivity contribution in [2.45, 2.75) is 32.6 Å². The Bertz CT molecular complexity index is 935. The summed E-state index contributed by atoms with van der Waals surface area (Å²) < 4.78 is 0. The lowest BCUT2D eigenvalue weighted by Crippen LogP contribution is -2.14. The van der Waals surface area contributed by atoms with Gasteiger partial charge in [-0.15, -0.1) is 0 Å². The lowest BCUT2D eigenvalue weighted by Gasteiger charge is -2.15. The molecule has 0 heterocycles. The minimum absolute atomic E-state index is 0.464. The van der Waals surface area contributed by atoms with Crippen LogP contribution < -0.4 is 11.5 Å². The monoisotopic (exact) mass is 371 g/mol. The maximum atomic E-state index is 6.44. The van der Waals surface area contributed by atoms with Crippen LogP contribution >= 0.6 is 0 Å². The summed E-state index contributed by atoms with van der Waals surface area (Å²) in [6.45, 7) is 9.72. The first-order valence-corrected chi connectivity index (χ1v) is 9.81. The maximum absolute atomic E-state index is 6.44. The van der Waals surface area contributed by atoms with E-state index in [-0.39, 0.29) is 0 Å². The second-order valence-corrected chi connectivity index (χ2v) is 7.36. The average Bonchev–Trinajstić information content (AvgIpc) is 3.47. The van der Waals surface area contributed by atoms with Crippen molar-refractivity contribution in [3.05, 3.63) is 83.6 Å². The fourth-order valence-corrected chi connectivity index (χ4v) is 3.41. The van der Waals surface area contributed by atoms with Crippen molar-refractivity contribution in [2.24, 2.45) is 16.6 Å². The molecule has 1 aromatic carbocycles. The summed E-state index contributed by atoms with van der Waals surface area (Å²) in [5.74, 6) is 1.23. The molecule has 3 nitrogen and oxygen atoms in total. The largest absolute Gasteiger partial charge is 0.398 e. The Morgan fingerprint density at radius 1 is 1.18 bits per heavy atom. The van der Waals surface area contributed by atoms with Gasteiger partial charge in [0.2, 0.25) is 0 Å². The smallest absolute Gasteiger partial charge is 0.102 e. The molecule has 1 aromatic rings. The molecule has 0 amide bonds. The third-order valence-corrected chi connectivity index (χ3v) is 5.07. The molecule has 1 fully saturated rings. The molecule has 144 valence electrons. The van der Waals surface area contributed by atoms with Crippen molar-refractivity contribution in [3.8, 4) is 0 Å². The van der Waals surface area contributed by atoms with Crippen molar-refractivity contribution in [3.63, 3.8) is 0 Å². The molecule has 0 aliphatic heterocycles. The van der Waals surface area contributed by atoms with Crippen LogP contribution in [0.2, 0.25) is 0 Å². The molecule has 0 radical (unpaired) electrons. The number of nitrogens with two attached hydrogens (primary N) is 2. The lowest BCUT2D eigenvalue weighted by molar-refractivity contribution is 0.959. The summed E-state index contributed by atoms with van der Waals surface area (Å²) >= 11 is 0. The number of amidine groups is 1. The van der Waals surface area contributed by atoms with Gasteiger partial charge >= 0.3 is 0 Å². The van der Waals surface area contributed by atoms with E-state index in [4.69, 9.17) is 16.5 Å². The van der Waals surface area contributed by atoms with Gasteiger partial charge in [-0.2, -0.15) is 0 Å². The van der Waals surface area contributed by atoms with E-state index in [0.717, 1.165) is 70.7 Å². The Morgan fingerprint density at radius 3 is 2.61 bits per heavy atom. The van der Waals surface area contributed by atoms with Crippen LogP contribution in [0.15, 0.2) is 71.9 Å². The highest BCUT2D eigenvalue weighted by molar-refractivity contribution is 5.88. The third kappa shape index (κ3) is 4.61. The van der Waals surface area contributed by atoms with Gasteiger partial charge in [0.05, 0.1) is 0 Å². The first-order chi connectivity index (χ1) is 13.5. The highest BCUT2D eigenvalue weighted by Crippen LogP contribution is 2.33. The third-order valence-electron chi connectivity index (χ3n) is 5.07. The number of nitrogens with zero attached hydrogens (tertiary/aromatic N) is 1. The van der Waals surface area contributed by atoms with E-state index in [2.05, 4.69) is 44.4 Å². The number of aliphatic imine (C=N–C) groups is 1. The second-order valence-electron chi connectivity index (χ2n) is 7.36. The van der Waals surface area contributed by atoms with Crippen LogP contribution in [0.3, 0.4) is 0 Å². The summed E-state index contributed by atoms with van der Waals surface area (Å²) in [6, 6.07) is 4.19. The maximum Gasteiger partial charge on any atom is 0.102 e. The zero-order valence-electron chi connectivity index (χ0n) is 16.6. The molecule has 2 aliphatic carbocycles. The number of rotatable bonds is 6. The van der Waals surface area contributed by atoms with Crippen LogP contribution in [0.5, 0.6) is 0 Å². The predicted molar refractivity (Wildman–Crippen MR) is 124 cm³/mol. The summed E-state index contributed by atoms with van der Waals surface area (Å²) in [5.41, 5.74) is 19.7. The molecule has 28 heavy (non-hydrogen) atoms. The van der Waals surface area contributed by atoms with Crippen LogP contribution in [0.25, 0.3) is 17.7 Å². The molecule has 0 spiro atoms. The number of allylic oxidation sites excluding steroid dienone is 8. The van der Waals surface area contributed by atoms with Crippen LogP contribution in [-0.4, -0.2) is 5.84 Å². The molecule has 0 bridgehead atoms. The van der Waals surface area contributed by atoms with E-state index in [1.165, 1.54) is 0 Å². The number of nitrogen functional groups attached to an aromatic ring is 1. The van der Waals surface area contributed by atoms with E-state index in [1.54, 1.807) is 12.2 Å². The fourth-order valence-electron chi connectivity index (χ4n) is 3.41. The van der Waals surface area contributed by atoms with E-state index < -0.39 is 0 Å². The van der Waals surface area contributed by atoms with Crippen molar-refractivity contribution >= 4 is 29.2 Å². The number of fused-ring (bicyclic) bond motifs is 1.